The molecule has 2 N–H and O–H groups in total. The number of nitrogens with zero attached hydrogens (tertiary/aromatic N) is 1. The minimum absolute atomic E-state index is 0.192. The lowest BCUT2D eigenvalue weighted by atomic mass is 9.98. The van der Waals surface area contributed by atoms with Gasteiger partial charge in [0.25, 0.3) is 5.91 Å². The third-order valence-electron chi connectivity index (χ3n) is 6.22. The molecule has 0 spiro atoms. The highest BCUT2D eigenvalue weighted by atomic mass is 35.5. The number of fused-ring (bicyclic) bond motifs is 1. The Balaban J connectivity index is 1.33. The Hall–Kier alpha value is -3.53. The molecule has 2 aromatic carbocycles. The van der Waals surface area contributed by atoms with Crippen molar-refractivity contribution < 1.29 is 13.6 Å². The molecule has 3 heterocycles. The average molecular weight is 474 g/mol. The predicted octanol–water partition coefficient (Wildman–Crippen LogP) is 5.54. The number of amides is 1. The van der Waals surface area contributed by atoms with Crippen LogP contribution in [-0.4, -0.2) is 25.5 Å². The fourth-order valence-electron chi connectivity index (χ4n) is 4.36. The number of hydrogen-bond donors (Lipinski definition) is 2. The van der Waals surface area contributed by atoms with Crippen molar-refractivity contribution in [3.8, 4) is 17.4 Å². The first kappa shape index (κ1) is 22.3. The molecule has 0 unspecified atom stereocenters. The van der Waals surface area contributed by atoms with Crippen molar-refractivity contribution in [3.63, 3.8) is 0 Å². The van der Waals surface area contributed by atoms with E-state index in [1.165, 1.54) is 0 Å². The van der Waals surface area contributed by atoms with Crippen LogP contribution in [0.2, 0.25) is 5.02 Å². The topological polar surface area (TPSA) is 91.2 Å². The summed E-state index contributed by atoms with van der Waals surface area (Å²) in [6.45, 7) is 2.66. The molecule has 6 nitrogen and oxygen atoms in total. The van der Waals surface area contributed by atoms with Gasteiger partial charge in [0.1, 0.15) is 17.1 Å². The normalized spacial score (nSPS) is 14.2. The number of carbonyl (C=O) groups excluding carboxylic acids is 1. The molecule has 0 aliphatic carbocycles. The number of carbonyl (C=O) groups is 1. The van der Waals surface area contributed by atoms with E-state index in [4.69, 9.17) is 25.7 Å². The lowest BCUT2D eigenvalue weighted by Gasteiger charge is -2.22. The number of nitrogens with one attached hydrogen (secondary N) is 2. The lowest BCUT2D eigenvalue weighted by molar-refractivity contribution is 0.0915. The van der Waals surface area contributed by atoms with Crippen LogP contribution in [0.15, 0.2) is 63.4 Å². The highest BCUT2D eigenvalue weighted by Gasteiger charge is 2.18. The summed E-state index contributed by atoms with van der Waals surface area (Å²) in [5.41, 5.74) is 3.07. The van der Waals surface area contributed by atoms with E-state index in [9.17, 15) is 4.79 Å². The molecule has 34 heavy (non-hydrogen) atoms. The molecule has 2 aromatic heterocycles. The fourth-order valence-corrected chi connectivity index (χ4v) is 4.61. The molecule has 0 atom stereocenters. The molecule has 1 amide bonds. The number of piperidine rings is 1. The van der Waals surface area contributed by atoms with Gasteiger partial charge in [0.2, 0.25) is 0 Å². The predicted molar refractivity (Wildman–Crippen MR) is 131 cm³/mol. The molecule has 0 radical (unpaired) electrons. The van der Waals surface area contributed by atoms with Crippen molar-refractivity contribution in [2.24, 2.45) is 5.92 Å². The molecule has 1 aliphatic rings. The van der Waals surface area contributed by atoms with Crippen molar-refractivity contribution in [3.05, 3.63) is 82.3 Å². The van der Waals surface area contributed by atoms with E-state index in [1.807, 2.05) is 36.4 Å². The van der Waals surface area contributed by atoms with Crippen LogP contribution in [0, 0.1) is 17.2 Å². The lowest BCUT2D eigenvalue weighted by Crippen LogP contribution is -2.35. The van der Waals surface area contributed by atoms with Crippen molar-refractivity contribution in [1.82, 2.24) is 10.6 Å². The van der Waals surface area contributed by atoms with Gasteiger partial charge in [0, 0.05) is 34.5 Å². The van der Waals surface area contributed by atoms with E-state index in [-0.39, 0.29) is 5.91 Å². The fraction of sp³-hybridized carbons (Fsp3) is 0.259. The third-order valence-corrected chi connectivity index (χ3v) is 6.43. The van der Waals surface area contributed by atoms with Crippen molar-refractivity contribution in [2.45, 2.75) is 19.3 Å². The van der Waals surface area contributed by atoms with Crippen LogP contribution in [0.5, 0.6) is 0 Å². The molecule has 4 aromatic rings. The zero-order valence-electron chi connectivity index (χ0n) is 18.6. The Morgan fingerprint density at radius 1 is 1.09 bits per heavy atom. The van der Waals surface area contributed by atoms with Gasteiger partial charge in [-0.1, -0.05) is 11.6 Å². The Kier molecular flexibility index (Phi) is 6.39. The largest absolute Gasteiger partial charge is 0.456 e. The number of halogens is 1. The summed E-state index contributed by atoms with van der Waals surface area (Å²) in [7, 11) is 0. The Morgan fingerprint density at radius 2 is 1.88 bits per heavy atom. The first-order valence-electron chi connectivity index (χ1n) is 11.4. The zero-order valence-corrected chi connectivity index (χ0v) is 19.3. The molecule has 5 rings (SSSR count). The van der Waals surface area contributed by atoms with E-state index in [1.54, 1.807) is 18.2 Å². The summed E-state index contributed by atoms with van der Waals surface area (Å²) in [6.07, 6.45) is 2.59. The van der Waals surface area contributed by atoms with Crippen molar-refractivity contribution >= 4 is 28.5 Å². The highest BCUT2D eigenvalue weighted by Crippen LogP contribution is 2.33. The maximum atomic E-state index is 12.5. The van der Waals surface area contributed by atoms with Gasteiger partial charge in [-0.25, -0.2) is 0 Å². The van der Waals surface area contributed by atoms with Gasteiger partial charge in [-0.05, 0) is 86.4 Å². The second-order valence-electron chi connectivity index (χ2n) is 8.63. The van der Waals surface area contributed by atoms with Crippen molar-refractivity contribution in [2.75, 3.05) is 19.6 Å². The Morgan fingerprint density at radius 3 is 2.65 bits per heavy atom. The van der Waals surface area contributed by atoms with Crippen LogP contribution >= 0.6 is 11.6 Å². The first-order valence-corrected chi connectivity index (χ1v) is 11.8. The molecular formula is C27H24ClN3O3. The maximum absolute atomic E-state index is 12.5. The standard InChI is InChI=1S/C27H24ClN3O3/c28-22-11-20(26-21(12-22)14-25(34-26)19-3-1-17(15-29)2-4-19)13-23-5-6-24(33-23)27(32)31-16-18-7-9-30-10-8-18/h1-6,11-12,14,18,30H,7-10,13,16H2,(H,31,32). The summed E-state index contributed by atoms with van der Waals surface area (Å²) >= 11 is 6.38. The van der Waals surface area contributed by atoms with Gasteiger partial charge < -0.3 is 19.5 Å². The minimum Gasteiger partial charge on any atom is -0.456 e. The molecule has 0 bridgehead atoms. The molecule has 1 saturated heterocycles. The van der Waals surface area contributed by atoms with E-state index < -0.39 is 0 Å². The molecule has 7 heteroatoms. The first-order chi connectivity index (χ1) is 16.6. The summed E-state index contributed by atoms with van der Waals surface area (Å²) in [5, 5.41) is 16.8. The summed E-state index contributed by atoms with van der Waals surface area (Å²) in [5.74, 6) is 1.97. The van der Waals surface area contributed by atoms with Gasteiger partial charge in [0.05, 0.1) is 11.6 Å². The van der Waals surface area contributed by atoms with Gasteiger partial charge in [-0.2, -0.15) is 5.26 Å². The Bertz CT molecular complexity index is 1360. The molecule has 0 saturated carbocycles. The molecule has 172 valence electrons. The van der Waals surface area contributed by atoms with Crippen LogP contribution in [0.4, 0.5) is 0 Å². The van der Waals surface area contributed by atoms with E-state index >= 15 is 0 Å². The average Bonchev–Trinajstić information content (AvgIpc) is 3.51. The Labute approximate surface area is 202 Å². The number of hydrogen-bond acceptors (Lipinski definition) is 5. The smallest absolute Gasteiger partial charge is 0.287 e. The van der Waals surface area contributed by atoms with Gasteiger partial charge in [-0.15, -0.1) is 0 Å². The van der Waals surface area contributed by atoms with Gasteiger partial charge in [-0.3, -0.25) is 4.79 Å². The number of benzene rings is 2. The number of nitriles is 1. The quantitative estimate of drug-likeness (QED) is 0.383. The van der Waals surface area contributed by atoms with Gasteiger partial charge >= 0.3 is 0 Å². The number of furan rings is 2. The second-order valence-corrected chi connectivity index (χ2v) is 9.07. The maximum Gasteiger partial charge on any atom is 0.287 e. The SMILES string of the molecule is N#Cc1ccc(-c2cc3cc(Cl)cc(Cc4ccc(C(=O)NCC5CCNCC5)o4)c3o2)cc1. The molecule has 1 fully saturated rings. The highest BCUT2D eigenvalue weighted by molar-refractivity contribution is 6.31. The van der Waals surface area contributed by atoms with E-state index in [0.29, 0.717) is 46.8 Å². The van der Waals surface area contributed by atoms with Crippen LogP contribution in [-0.2, 0) is 6.42 Å². The minimum atomic E-state index is -0.192. The van der Waals surface area contributed by atoms with E-state index in [0.717, 1.165) is 48.0 Å². The van der Waals surface area contributed by atoms with Crippen molar-refractivity contribution in [1.29, 1.82) is 5.26 Å². The van der Waals surface area contributed by atoms with Crippen LogP contribution in [0.3, 0.4) is 0 Å². The van der Waals surface area contributed by atoms with Crippen LogP contribution in [0.1, 0.15) is 40.3 Å². The molecule has 1 aliphatic heterocycles. The second kappa shape index (κ2) is 9.76. The van der Waals surface area contributed by atoms with Gasteiger partial charge in [0.15, 0.2) is 5.76 Å². The van der Waals surface area contributed by atoms with Crippen LogP contribution in [0.25, 0.3) is 22.3 Å². The van der Waals surface area contributed by atoms with E-state index in [2.05, 4.69) is 16.7 Å². The third kappa shape index (κ3) is 4.86. The zero-order chi connectivity index (χ0) is 23.5. The summed E-state index contributed by atoms with van der Waals surface area (Å²) in [6, 6.07) is 18.5. The summed E-state index contributed by atoms with van der Waals surface area (Å²) in [4.78, 5) is 12.5. The monoisotopic (exact) mass is 473 g/mol. The molecular weight excluding hydrogens is 450 g/mol. The van der Waals surface area contributed by atoms with Crippen LogP contribution < -0.4 is 10.6 Å². The number of rotatable bonds is 6. The summed E-state index contributed by atoms with van der Waals surface area (Å²) < 4.78 is 12.0.